The lowest BCUT2D eigenvalue weighted by Gasteiger charge is -2.15. The molecule has 0 aromatic rings. The highest BCUT2D eigenvalue weighted by molar-refractivity contribution is 5.80. The molecule has 0 heterocycles. The highest BCUT2D eigenvalue weighted by Crippen LogP contribution is 2.32. The van der Waals surface area contributed by atoms with Gasteiger partial charge < -0.3 is 11.1 Å². The van der Waals surface area contributed by atoms with Crippen LogP contribution in [0.15, 0.2) is 0 Å². The van der Waals surface area contributed by atoms with Crippen LogP contribution in [0.5, 0.6) is 0 Å². The second kappa shape index (κ2) is 3.90. The Kier molecular flexibility index (Phi) is 3.09. The monoisotopic (exact) mass is 170 g/mol. The van der Waals surface area contributed by atoms with Gasteiger partial charge in [-0.15, -0.1) is 0 Å². The molecule has 0 aromatic carbocycles. The molecule has 1 atom stereocenters. The summed E-state index contributed by atoms with van der Waals surface area (Å²) in [6.45, 7) is 5.13. The molecule has 1 fully saturated rings. The van der Waals surface area contributed by atoms with Crippen molar-refractivity contribution in [3.05, 3.63) is 0 Å². The summed E-state index contributed by atoms with van der Waals surface area (Å²) in [5.74, 6) is 0.894. The average Bonchev–Trinajstić information content (AvgIpc) is 2.69. The molecule has 3 heteroatoms. The van der Waals surface area contributed by atoms with Gasteiger partial charge in [0.1, 0.15) is 0 Å². The number of carbonyl (C=O) groups excluding carboxylic acids is 1. The molecule has 1 aliphatic carbocycles. The van der Waals surface area contributed by atoms with E-state index < -0.39 is 0 Å². The normalized spacial score (nSPS) is 19.6. The summed E-state index contributed by atoms with van der Waals surface area (Å²) < 4.78 is 0. The van der Waals surface area contributed by atoms with Crippen molar-refractivity contribution in [2.75, 3.05) is 6.54 Å². The van der Waals surface area contributed by atoms with Crippen LogP contribution in [0.4, 0.5) is 0 Å². The van der Waals surface area contributed by atoms with Crippen molar-refractivity contribution in [3.8, 4) is 0 Å². The van der Waals surface area contributed by atoms with Crippen LogP contribution < -0.4 is 11.1 Å². The molecular weight excluding hydrogens is 152 g/mol. The Morgan fingerprint density at radius 3 is 2.50 bits per heavy atom. The zero-order chi connectivity index (χ0) is 9.14. The molecule has 1 rings (SSSR count). The van der Waals surface area contributed by atoms with Crippen LogP contribution >= 0.6 is 0 Å². The van der Waals surface area contributed by atoms with E-state index in [0.29, 0.717) is 11.8 Å². The number of primary amides is 1. The summed E-state index contributed by atoms with van der Waals surface area (Å²) in [7, 11) is 0. The van der Waals surface area contributed by atoms with Gasteiger partial charge in [0.15, 0.2) is 0 Å². The van der Waals surface area contributed by atoms with E-state index in [1.54, 1.807) is 0 Å². The Balaban J connectivity index is 2.28. The van der Waals surface area contributed by atoms with E-state index in [4.69, 9.17) is 5.73 Å². The van der Waals surface area contributed by atoms with E-state index in [1.165, 1.54) is 0 Å². The molecule has 3 nitrogen and oxygen atoms in total. The number of amides is 1. The van der Waals surface area contributed by atoms with Crippen LogP contribution in [0.2, 0.25) is 0 Å². The molecule has 0 saturated heterocycles. The zero-order valence-electron chi connectivity index (χ0n) is 7.84. The van der Waals surface area contributed by atoms with Gasteiger partial charge in [-0.25, -0.2) is 0 Å². The quantitative estimate of drug-likeness (QED) is 0.631. The van der Waals surface area contributed by atoms with Crippen LogP contribution in [0.1, 0.15) is 26.7 Å². The van der Waals surface area contributed by atoms with Crippen molar-refractivity contribution >= 4 is 5.91 Å². The molecule has 0 aliphatic heterocycles. The van der Waals surface area contributed by atoms with Gasteiger partial charge in [0, 0.05) is 0 Å². The van der Waals surface area contributed by atoms with Crippen LogP contribution in [0, 0.1) is 11.8 Å². The fraction of sp³-hybridized carbons (Fsp3) is 0.889. The fourth-order valence-electron chi connectivity index (χ4n) is 1.29. The highest BCUT2D eigenvalue weighted by Gasteiger charge is 2.34. The first kappa shape index (κ1) is 9.52. The van der Waals surface area contributed by atoms with Crippen LogP contribution in [0.25, 0.3) is 0 Å². The Morgan fingerprint density at radius 2 is 2.17 bits per heavy atom. The van der Waals surface area contributed by atoms with Gasteiger partial charge in [0.05, 0.1) is 6.04 Å². The van der Waals surface area contributed by atoms with Crippen molar-refractivity contribution in [3.63, 3.8) is 0 Å². The Labute approximate surface area is 73.7 Å². The Bertz CT molecular complexity index is 164. The van der Waals surface area contributed by atoms with E-state index >= 15 is 0 Å². The third-order valence-corrected chi connectivity index (χ3v) is 2.15. The third kappa shape index (κ3) is 2.81. The molecule has 70 valence electrons. The summed E-state index contributed by atoms with van der Waals surface area (Å²) in [6.07, 6.45) is 2.30. The second-order valence-electron chi connectivity index (χ2n) is 4.02. The van der Waals surface area contributed by atoms with Crippen molar-refractivity contribution in [2.24, 2.45) is 17.6 Å². The first-order valence-electron chi connectivity index (χ1n) is 4.64. The molecule has 1 amide bonds. The van der Waals surface area contributed by atoms with Gasteiger partial charge >= 0.3 is 0 Å². The lowest BCUT2D eigenvalue weighted by Crippen LogP contribution is -2.44. The van der Waals surface area contributed by atoms with Crippen LogP contribution in [-0.2, 0) is 4.79 Å². The molecule has 0 unspecified atom stereocenters. The largest absolute Gasteiger partial charge is 0.368 e. The van der Waals surface area contributed by atoms with Crippen molar-refractivity contribution in [1.82, 2.24) is 5.32 Å². The summed E-state index contributed by atoms with van der Waals surface area (Å²) in [4.78, 5) is 11.0. The average molecular weight is 170 g/mol. The van der Waals surface area contributed by atoms with Gasteiger partial charge in [0.2, 0.25) is 5.91 Å². The Morgan fingerprint density at radius 1 is 1.58 bits per heavy atom. The highest BCUT2D eigenvalue weighted by atomic mass is 16.1. The molecule has 0 bridgehead atoms. The van der Waals surface area contributed by atoms with Crippen molar-refractivity contribution in [2.45, 2.75) is 32.7 Å². The van der Waals surface area contributed by atoms with Crippen molar-refractivity contribution in [1.29, 1.82) is 0 Å². The smallest absolute Gasteiger partial charge is 0.234 e. The number of hydrogen-bond acceptors (Lipinski definition) is 2. The third-order valence-electron chi connectivity index (χ3n) is 2.15. The van der Waals surface area contributed by atoms with Gasteiger partial charge in [-0.2, -0.15) is 0 Å². The van der Waals surface area contributed by atoms with Gasteiger partial charge in [0.25, 0.3) is 0 Å². The number of hydrogen-bond donors (Lipinski definition) is 2. The maximum atomic E-state index is 11.0. The summed E-state index contributed by atoms with van der Waals surface area (Å²) in [5, 5.41) is 3.21. The lowest BCUT2D eigenvalue weighted by molar-refractivity contribution is -0.120. The van der Waals surface area contributed by atoms with E-state index in [2.05, 4.69) is 19.2 Å². The van der Waals surface area contributed by atoms with Crippen LogP contribution in [0.3, 0.4) is 0 Å². The van der Waals surface area contributed by atoms with Crippen LogP contribution in [-0.4, -0.2) is 18.5 Å². The minimum Gasteiger partial charge on any atom is -0.368 e. The minimum atomic E-state index is -0.196. The van der Waals surface area contributed by atoms with Crippen molar-refractivity contribution < 1.29 is 4.79 Å². The molecule has 0 spiro atoms. The number of carbonyl (C=O) groups is 1. The maximum absolute atomic E-state index is 11.0. The standard InChI is InChI=1S/C9H18N2O/c1-6(2)5-11-8(9(10)12)7-3-4-7/h6-8,11H,3-5H2,1-2H3,(H2,10,12)/t8-/m1/s1. The predicted molar refractivity (Wildman–Crippen MR) is 48.5 cm³/mol. The van der Waals surface area contributed by atoms with E-state index in [-0.39, 0.29) is 11.9 Å². The van der Waals surface area contributed by atoms with Gasteiger partial charge in [-0.1, -0.05) is 13.8 Å². The lowest BCUT2D eigenvalue weighted by atomic mass is 10.1. The summed E-state index contributed by atoms with van der Waals surface area (Å²) in [5.41, 5.74) is 5.26. The first-order chi connectivity index (χ1) is 5.61. The Hall–Kier alpha value is -0.570. The number of nitrogens with one attached hydrogen (secondary N) is 1. The fourth-order valence-corrected chi connectivity index (χ4v) is 1.29. The van der Waals surface area contributed by atoms with Gasteiger partial charge in [-0.05, 0) is 31.2 Å². The molecule has 1 aliphatic rings. The number of rotatable bonds is 5. The minimum absolute atomic E-state index is 0.0765. The summed E-state index contributed by atoms with van der Waals surface area (Å²) in [6, 6.07) is -0.0765. The van der Waals surface area contributed by atoms with E-state index in [9.17, 15) is 4.79 Å². The molecule has 12 heavy (non-hydrogen) atoms. The molecule has 0 radical (unpaired) electrons. The van der Waals surface area contributed by atoms with E-state index in [0.717, 1.165) is 19.4 Å². The zero-order valence-corrected chi connectivity index (χ0v) is 7.84. The molecular formula is C9H18N2O. The summed E-state index contributed by atoms with van der Waals surface area (Å²) >= 11 is 0. The first-order valence-corrected chi connectivity index (χ1v) is 4.64. The maximum Gasteiger partial charge on any atom is 0.234 e. The SMILES string of the molecule is CC(C)CN[C@@H](C(N)=O)C1CC1. The second-order valence-corrected chi connectivity index (χ2v) is 4.02. The van der Waals surface area contributed by atoms with Gasteiger partial charge in [-0.3, -0.25) is 4.79 Å². The van der Waals surface area contributed by atoms with E-state index in [1.807, 2.05) is 0 Å². The predicted octanol–water partition coefficient (Wildman–Crippen LogP) is 0.496. The topological polar surface area (TPSA) is 55.1 Å². The number of nitrogens with two attached hydrogens (primary N) is 1. The molecule has 0 aromatic heterocycles. The molecule has 3 N–H and O–H groups in total. The molecule has 1 saturated carbocycles.